The zero-order valence-corrected chi connectivity index (χ0v) is 18.3. The molecule has 1 aliphatic rings. The lowest BCUT2D eigenvalue weighted by Crippen LogP contribution is -2.48. The SMILES string of the molecule is COc1ccc(S(=O)(=O)N2CCN(c3cc(Cl)ccc3C)CC2)cc1I. The lowest BCUT2D eigenvalue weighted by molar-refractivity contribution is 0.384. The van der Waals surface area contributed by atoms with Gasteiger partial charge in [0.15, 0.2) is 0 Å². The van der Waals surface area contributed by atoms with Crippen molar-refractivity contribution in [2.24, 2.45) is 0 Å². The lowest BCUT2D eigenvalue weighted by atomic mass is 10.1. The number of methoxy groups -OCH3 is 1. The van der Waals surface area contributed by atoms with Crippen LogP contribution < -0.4 is 9.64 Å². The Morgan fingerprint density at radius 2 is 1.77 bits per heavy atom. The van der Waals surface area contributed by atoms with E-state index in [4.69, 9.17) is 16.3 Å². The molecule has 1 heterocycles. The van der Waals surface area contributed by atoms with E-state index in [0.717, 1.165) is 14.8 Å². The molecule has 0 atom stereocenters. The van der Waals surface area contributed by atoms with Crippen LogP contribution in [-0.4, -0.2) is 46.0 Å². The summed E-state index contributed by atoms with van der Waals surface area (Å²) in [6, 6.07) is 10.7. The Labute approximate surface area is 173 Å². The number of hydrogen-bond acceptors (Lipinski definition) is 4. The van der Waals surface area contributed by atoms with Crippen LogP contribution in [0.1, 0.15) is 5.56 Å². The Bertz CT molecular complexity index is 913. The summed E-state index contributed by atoms with van der Waals surface area (Å²) in [7, 11) is -1.94. The fourth-order valence-electron chi connectivity index (χ4n) is 3.05. The Hall–Kier alpha value is -1.03. The molecule has 0 aliphatic carbocycles. The maximum atomic E-state index is 12.9. The quantitative estimate of drug-likeness (QED) is 0.593. The van der Waals surface area contributed by atoms with Gasteiger partial charge in [-0.3, -0.25) is 0 Å². The van der Waals surface area contributed by atoms with Crippen molar-refractivity contribution >= 4 is 49.9 Å². The topological polar surface area (TPSA) is 49.9 Å². The van der Waals surface area contributed by atoms with Crippen LogP contribution in [0.5, 0.6) is 5.75 Å². The van der Waals surface area contributed by atoms with Crippen molar-refractivity contribution in [3.05, 3.63) is 50.6 Å². The van der Waals surface area contributed by atoms with Crippen LogP contribution in [0.25, 0.3) is 0 Å². The van der Waals surface area contributed by atoms with E-state index in [0.29, 0.717) is 41.8 Å². The molecule has 0 saturated carbocycles. The van der Waals surface area contributed by atoms with Crippen LogP contribution in [0, 0.1) is 10.5 Å². The highest BCUT2D eigenvalue weighted by Crippen LogP contribution is 2.28. The number of nitrogens with zero attached hydrogens (tertiary/aromatic N) is 2. The summed E-state index contributed by atoms with van der Waals surface area (Å²) in [5, 5.41) is 0.688. The first-order valence-corrected chi connectivity index (χ1v) is 11.1. The highest BCUT2D eigenvalue weighted by Gasteiger charge is 2.29. The molecule has 5 nitrogen and oxygen atoms in total. The lowest BCUT2D eigenvalue weighted by Gasteiger charge is -2.36. The average molecular weight is 507 g/mol. The van der Waals surface area contributed by atoms with Gasteiger partial charge in [-0.15, -0.1) is 0 Å². The van der Waals surface area contributed by atoms with Crippen LogP contribution in [0.4, 0.5) is 5.69 Å². The maximum absolute atomic E-state index is 12.9. The van der Waals surface area contributed by atoms with Gasteiger partial charge >= 0.3 is 0 Å². The molecule has 3 rings (SSSR count). The van der Waals surface area contributed by atoms with Crippen LogP contribution in [0.15, 0.2) is 41.3 Å². The molecule has 26 heavy (non-hydrogen) atoms. The van der Waals surface area contributed by atoms with Crippen molar-refractivity contribution in [1.29, 1.82) is 0 Å². The van der Waals surface area contributed by atoms with Crippen molar-refractivity contribution in [3.8, 4) is 5.75 Å². The number of halogens is 2. The number of rotatable bonds is 4. The van der Waals surface area contributed by atoms with Crippen LogP contribution >= 0.6 is 34.2 Å². The van der Waals surface area contributed by atoms with E-state index in [2.05, 4.69) is 27.5 Å². The third kappa shape index (κ3) is 3.95. The fraction of sp³-hybridized carbons (Fsp3) is 0.333. The summed E-state index contributed by atoms with van der Waals surface area (Å²) >= 11 is 8.20. The Balaban J connectivity index is 1.76. The van der Waals surface area contributed by atoms with Crippen molar-refractivity contribution in [1.82, 2.24) is 4.31 Å². The van der Waals surface area contributed by atoms with Crippen LogP contribution in [-0.2, 0) is 10.0 Å². The number of anilines is 1. The minimum atomic E-state index is -3.51. The minimum absolute atomic E-state index is 0.301. The van der Waals surface area contributed by atoms with Gasteiger partial charge in [-0.25, -0.2) is 8.42 Å². The first-order valence-electron chi connectivity index (χ1n) is 8.17. The minimum Gasteiger partial charge on any atom is -0.496 e. The molecule has 140 valence electrons. The summed E-state index contributed by atoms with van der Waals surface area (Å²) in [6.45, 7) is 4.18. The monoisotopic (exact) mass is 506 g/mol. The van der Waals surface area contributed by atoms with E-state index in [9.17, 15) is 8.42 Å². The molecular weight excluding hydrogens is 487 g/mol. The van der Waals surface area contributed by atoms with Gasteiger partial charge in [0, 0.05) is 36.9 Å². The van der Waals surface area contributed by atoms with E-state index < -0.39 is 10.0 Å². The maximum Gasteiger partial charge on any atom is 0.243 e. The van der Waals surface area contributed by atoms with E-state index in [1.54, 1.807) is 29.6 Å². The van der Waals surface area contributed by atoms with Gasteiger partial charge in [0.2, 0.25) is 10.0 Å². The second-order valence-corrected chi connectivity index (χ2v) is 9.65. The molecule has 1 aliphatic heterocycles. The molecule has 0 radical (unpaired) electrons. The van der Waals surface area contributed by atoms with Crippen LogP contribution in [0.3, 0.4) is 0 Å². The van der Waals surface area contributed by atoms with Crippen molar-refractivity contribution < 1.29 is 13.2 Å². The van der Waals surface area contributed by atoms with Crippen molar-refractivity contribution in [3.63, 3.8) is 0 Å². The smallest absolute Gasteiger partial charge is 0.243 e. The molecule has 0 aromatic heterocycles. The number of hydrogen-bond donors (Lipinski definition) is 0. The summed E-state index contributed by atoms with van der Waals surface area (Å²) < 4.78 is 33.4. The van der Waals surface area contributed by atoms with Crippen LogP contribution in [0.2, 0.25) is 5.02 Å². The molecular formula is C18H20ClIN2O3S. The first kappa shape index (κ1) is 19.7. The molecule has 0 bridgehead atoms. The molecule has 1 saturated heterocycles. The molecule has 0 N–H and O–H groups in total. The molecule has 2 aromatic rings. The van der Waals surface area contributed by atoms with Gasteiger partial charge in [-0.1, -0.05) is 17.7 Å². The number of sulfonamides is 1. The van der Waals surface area contributed by atoms with Gasteiger partial charge in [0.05, 0.1) is 15.6 Å². The highest BCUT2D eigenvalue weighted by molar-refractivity contribution is 14.1. The number of piperazine rings is 1. The molecule has 1 fully saturated rings. The Morgan fingerprint density at radius 1 is 1.08 bits per heavy atom. The van der Waals surface area contributed by atoms with E-state index >= 15 is 0 Å². The van der Waals surface area contributed by atoms with Crippen molar-refractivity contribution in [2.45, 2.75) is 11.8 Å². The first-order chi connectivity index (χ1) is 12.3. The summed E-state index contributed by atoms with van der Waals surface area (Å²) in [6.07, 6.45) is 0. The normalized spacial score (nSPS) is 15.9. The average Bonchev–Trinajstić information content (AvgIpc) is 2.63. The summed E-state index contributed by atoms with van der Waals surface area (Å²) in [5.74, 6) is 0.672. The third-order valence-electron chi connectivity index (χ3n) is 4.51. The molecule has 8 heteroatoms. The van der Waals surface area contributed by atoms with Gasteiger partial charge in [-0.05, 0) is 65.4 Å². The second-order valence-electron chi connectivity index (χ2n) is 6.12. The third-order valence-corrected chi connectivity index (χ3v) is 7.48. The zero-order valence-electron chi connectivity index (χ0n) is 14.6. The van der Waals surface area contributed by atoms with E-state index in [1.807, 2.05) is 25.1 Å². The van der Waals surface area contributed by atoms with Gasteiger partial charge in [-0.2, -0.15) is 4.31 Å². The van der Waals surface area contributed by atoms with Gasteiger partial charge in [0.1, 0.15) is 5.75 Å². The zero-order chi connectivity index (χ0) is 18.9. The second kappa shape index (κ2) is 7.92. The number of ether oxygens (including phenoxy) is 1. The molecule has 0 spiro atoms. The Kier molecular flexibility index (Phi) is 6.01. The largest absolute Gasteiger partial charge is 0.496 e. The predicted molar refractivity (Wildman–Crippen MR) is 113 cm³/mol. The molecule has 0 unspecified atom stereocenters. The molecule has 0 amide bonds. The van der Waals surface area contributed by atoms with E-state index in [-0.39, 0.29) is 0 Å². The predicted octanol–water partition coefficient (Wildman–Crippen LogP) is 3.77. The summed E-state index contributed by atoms with van der Waals surface area (Å²) in [4.78, 5) is 2.49. The highest BCUT2D eigenvalue weighted by atomic mass is 127. The Morgan fingerprint density at radius 3 is 2.38 bits per heavy atom. The van der Waals surface area contributed by atoms with Gasteiger partial charge < -0.3 is 9.64 Å². The van der Waals surface area contributed by atoms with E-state index in [1.165, 1.54) is 0 Å². The number of aryl methyl sites for hydroxylation is 1. The fourth-order valence-corrected chi connectivity index (χ4v) is 5.61. The number of benzene rings is 2. The van der Waals surface area contributed by atoms with Gasteiger partial charge in [0.25, 0.3) is 0 Å². The summed E-state index contributed by atoms with van der Waals surface area (Å²) in [5.41, 5.74) is 2.20. The van der Waals surface area contributed by atoms with Crippen molar-refractivity contribution in [2.75, 3.05) is 38.2 Å². The molecule has 2 aromatic carbocycles. The standard InChI is InChI=1S/C18H20ClIN2O3S/c1-13-3-4-14(19)11-17(13)21-7-9-22(10-8-21)26(23,24)15-5-6-18(25-2)16(20)12-15/h3-6,11-12H,7-10H2,1-2H3.